The van der Waals surface area contributed by atoms with Crippen LogP contribution in [0.15, 0.2) is 78.9 Å². The van der Waals surface area contributed by atoms with Gasteiger partial charge in [0.1, 0.15) is 5.75 Å². The summed E-state index contributed by atoms with van der Waals surface area (Å²) in [6.07, 6.45) is 0. The van der Waals surface area contributed by atoms with E-state index in [4.69, 9.17) is 0 Å². The van der Waals surface area contributed by atoms with E-state index in [1.54, 1.807) is 6.07 Å². The van der Waals surface area contributed by atoms with Gasteiger partial charge in [0.2, 0.25) is 0 Å². The predicted molar refractivity (Wildman–Crippen MR) is 92.1 cm³/mol. The molecule has 0 unspecified atom stereocenters. The van der Waals surface area contributed by atoms with Gasteiger partial charge in [-0.05, 0) is 22.8 Å². The molecule has 0 saturated carbocycles. The van der Waals surface area contributed by atoms with Crippen molar-refractivity contribution < 1.29 is 5.11 Å². The third-order valence-corrected chi connectivity index (χ3v) is 4.32. The monoisotopic (exact) mass is 288 g/mol. The lowest BCUT2D eigenvalue weighted by molar-refractivity contribution is 0.477. The molecule has 0 saturated heterocycles. The minimum absolute atomic E-state index is 0.0431. The van der Waals surface area contributed by atoms with Crippen molar-refractivity contribution in [1.82, 2.24) is 0 Å². The van der Waals surface area contributed by atoms with Crippen molar-refractivity contribution in [3.63, 3.8) is 0 Å². The van der Waals surface area contributed by atoms with E-state index < -0.39 is 0 Å². The largest absolute Gasteiger partial charge is 0.507 e. The summed E-state index contributed by atoms with van der Waals surface area (Å²) in [6.45, 7) is 4.47. The van der Waals surface area contributed by atoms with Crippen LogP contribution >= 0.6 is 0 Å². The second-order valence-corrected chi connectivity index (χ2v) is 6.09. The van der Waals surface area contributed by atoms with Gasteiger partial charge >= 0.3 is 0 Å². The highest BCUT2D eigenvalue weighted by Gasteiger charge is 2.22. The Kier molecular flexibility index (Phi) is 3.72. The Morgan fingerprint density at radius 2 is 1.18 bits per heavy atom. The molecule has 0 spiro atoms. The first-order chi connectivity index (χ1) is 10.6. The molecule has 0 amide bonds. The molecule has 3 aromatic rings. The van der Waals surface area contributed by atoms with Gasteiger partial charge in [-0.3, -0.25) is 0 Å². The van der Waals surface area contributed by atoms with Crippen LogP contribution in [0.25, 0.3) is 11.1 Å². The van der Waals surface area contributed by atoms with E-state index in [9.17, 15) is 5.11 Å². The van der Waals surface area contributed by atoms with Crippen LogP contribution in [-0.4, -0.2) is 5.11 Å². The summed E-state index contributed by atoms with van der Waals surface area (Å²) in [5.74, 6) is 0.317. The van der Waals surface area contributed by atoms with E-state index >= 15 is 0 Å². The zero-order chi connectivity index (χ0) is 15.6. The van der Waals surface area contributed by atoms with Gasteiger partial charge in [0, 0.05) is 11.0 Å². The summed E-state index contributed by atoms with van der Waals surface area (Å²) >= 11 is 0. The number of rotatable bonds is 3. The maximum Gasteiger partial charge on any atom is 0.123 e. The number of phenols is 1. The van der Waals surface area contributed by atoms with E-state index in [1.165, 1.54) is 11.1 Å². The summed E-state index contributed by atoms with van der Waals surface area (Å²) in [7, 11) is 0. The first-order valence-corrected chi connectivity index (χ1v) is 7.53. The van der Waals surface area contributed by atoms with Crippen LogP contribution in [0.2, 0.25) is 0 Å². The second-order valence-electron chi connectivity index (χ2n) is 6.09. The van der Waals surface area contributed by atoms with E-state index in [0.29, 0.717) is 5.75 Å². The zero-order valence-electron chi connectivity index (χ0n) is 13.0. The van der Waals surface area contributed by atoms with Gasteiger partial charge in [-0.25, -0.2) is 0 Å². The van der Waals surface area contributed by atoms with E-state index in [-0.39, 0.29) is 5.41 Å². The van der Waals surface area contributed by atoms with Gasteiger partial charge in [0.05, 0.1) is 0 Å². The lowest BCUT2D eigenvalue weighted by Crippen LogP contribution is -2.18. The quantitative estimate of drug-likeness (QED) is 0.685. The molecule has 0 radical (unpaired) electrons. The average molecular weight is 288 g/mol. The lowest BCUT2D eigenvalue weighted by Gasteiger charge is -2.26. The highest BCUT2D eigenvalue weighted by atomic mass is 16.3. The topological polar surface area (TPSA) is 20.2 Å². The fraction of sp³-hybridized carbons (Fsp3) is 0.143. The van der Waals surface area contributed by atoms with Crippen molar-refractivity contribution in [1.29, 1.82) is 0 Å². The zero-order valence-corrected chi connectivity index (χ0v) is 13.0. The Morgan fingerprint density at radius 1 is 0.636 bits per heavy atom. The molecule has 3 aromatic carbocycles. The summed E-state index contributed by atoms with van der Waals surface area (Å²) in [4.78, 5) is 0. The first-order valence-electron chi connectivity index (χ1n) is 7.53. The molecule has 0 bridgehead atoms. The molecular formula is C21H20O. The SMILES string of the molecule is CC(C)(c1ccccc1)c1ccc(-c2ccccc2O)cc1. The van der Waals surface area contributed by atoms with E-state index in [2.05, 4.69) is 62.4 Å². The number of hydrogen-bond donors (Lipinski definition) is 1. The fourth-order valence-corrected chi connectivity index (χ4v) is 2.81. The molecule has 0 fully saturated rings. The van der Waals surface area contributed by atoms with E-state index in [0.717, 1.165) is 11.1 Å². The Balaban J connectivity index is 1.97. The third kappa shape index (κ3) is 2.62. The summed E-state index contributed by atoms with van der Waals surface area (Å²) in [5.41, 5.74) is 4.42. The number of para-hydroxylation sites is 1. The molecule has 0 aliphatic heterocycles. The van der Waals surface area contributed by atoms with Crippen LogP contribution in [0.4, 0.5) is 0 Å². The van der Waals surface area contributed by atoms with Crippen molar-refractivity contribution in [3.8, 4) is 16.9 Å². The molecule has 1 heteroatoms. The maximum atomic E-state index is 9.97. The normalized spacial score (nSPS) is 11.4. The number of phenolic OH excluding ortho intramolecular Hbond substituents is 1. The summed E-state index contributed by atoms with van der Waals surface area (Å²) in [6, 6.07) is 26.4. The van der Waals surface area contributed by atoms with Crippen LogP contribution in [0.3, 0.4) is 0 Å². The molecule has 1 nitrogen and oxygen atoms in total. The van der Waals surface area contributed by atoms with Gasteiger partial charge in [0.15, 0.2) is 0 Å². The second kappa shape index (κ2) is 5.69. The van der Waals surface area contributed by atoms with Gasteiger partial charge in [0.25, 0.3) is 0 Å². The Bertz CT molecular complexity index is 755. The van der Waals surface area contributed by atoms with E-state index in [1.807, 2.05) is 24.3 Å². The van der Waals surface area contributed by atoms with Gasteiger partial charge in [-0.15, -0.1) is 0 Å². The van der Waals surface area contributed by atoms with Crippen LogP contribution in [0.5, 0.6) is 5.75 Å². The maximum absolute atomic E-state index is 9.97. The smallest absolute Gasteiger partial charge is 0.123 e. The summed E-state index contributed by atoms with van der Waals surface area (Å²) in [5, 5.41) is 9.97. The third-order valence-electron chi connectivity index (χ3n) is 4.32. The average Bonchev–Trinajstić information content (AvgIpc) is 2.56. The predicted octanol–water partition coefficient (Wildman–Crippen LogP) is 5.39. The van der Waals surface area contributed by atoms with Gasteiger partial charge < -0.3 is 5.11 Å². The van der Waals surface area contributed by atoms with Crippen molar-refractivity contribution in [2.24, 2.45) is 0 Å². The summed E-state index contributed by atoms with van der Waals surface area (Å²) < 4.78 is 0. The van der Waals surface area contributed by atoms with Crippen LogP contribution in [0, 0.1) is 0 Å². The molecule has 1 N–H and O–H groups in total. The number of benzene rings is 3. The molecule has 3 rings (SSSR count). The highest BCUT2D eigenvalue weighted by molar-refractivity contribution is 5.70. The first kappa shape index (κ1) is 14.4. The standard InChI is InChI=1S/C21H20O/c1-21(2,17-8-4-3-5-9-17)18-14-12-16(13-15-18)19-10-6-7-11-20(19)22/h3-15,22H,1-2H3. The molecule has 110 valence electrons. The molecule has 0 aliphatic carbocycles. The van der Waals surface area contributed by atoms with Crippen LogP contribution in [0.1, 0.15) is 25.0 Å². The minimum Gasteiger partial charge on any atom is -0.507 e. The molecular weight excluding hydrogens is 268 g/mol. The lowest BCUT2D eigenvalue weighted by atomic mass is 9.78. The van der Waals surface area contributed by atoms with Crippen molar-refractivity contribution in [2.45, 2.75) is 19.3 Å². The highest BCUT2D eigenvalue weighted by Crippen LogP contribution is 2.34. The van der Waals surface area contributed by atoms with Crippen molar-refractivity contribution in [2.75, 3.05) is 0 Å². The Morgan fingerprint density at radius 3 is 1.82 bits per heavy atom. The molecule has 22 heavy (non-hydrogen) atoms. The van der Waals surface area contributed by atoms with Crippen molar-refractivity contribution >= 4 is 0 Å². The molecule has 0 aromatic heterocycles. The fourth-order valence-electron chi connectivity index (χ4n) is 2.81. The van der Waals surface area contributed by atoms with Crippen LogP contribution in [-0.2, 0) is 5.41 Å². The van der Waals surface area contributed by atoms with Gasteiger partial charge in [-0.2, -0.15) is 0 Å². The number of aromatic hydroxyl groups is 1. The Hall–Kier alpha value is -2.54. The van der Waals surface area contributed by atoms with Crippen molar-refractivity contribution in [3.05, 3.63) is 90.0 Å². The Labute approximate surface area is 131 Å². The molecule has 0 atom stereocenters. The number of hydrogen-bond acceptors (Lipinski definition) is 1. The molecule has 0 heterocycles. The minimum atomic E-state index is -0.0431. The molecule has 0 aliphatic rings. The van der Waals surface area contributed by atoms with Crippen LogP contribution < -0.4 is 0 Å². The van der Waals surface area contributed by atoms with Gasteiger partial charge in [-0.1, -0.05) is 86.6 Å².